The highest BCUT2D eigenvalue weighted by molar-refractivity contribution is 6.05. The first kappa shape index (κ1) is 11.2. The number of H-pyrrole nitrogens is 1. The lowest BCUT2D eigenvalue weighted by Gasteiger charge is -2.16. The number of anilines is 1. The fraction of sp³-hybridized carbons (Fsp3) is 0.167. The van der Waals surface area contributed by atoms with Crippen molar-refractivity contribution < 1.29 is 9.53 Å². The highest BCUT2D eigenvalue weighted by Crippen LogP contribution is 2.19. The average molecular weight is 231 g/mol. The van der Waals surface area contributed by atoms with E-state index < -0.39 is 0 Å². The molecular formula is C12H13N3O2. The predicted molar refractivity (Wildman–Crippen MR) is 64.3 cm³/mol. The van der Waals surface area contributed by atoms with Crippen molar-refractivity contribution in [1.29, 1.82) is 0 Å². The lowest BCUT2D eigenvalue weighted by molar-refractivity contribution is 0.0993. The first-order chi connectivity index (χ1) is 8.22. The van der Waals surface area contributed by atoms with Gasteiger partial charge in [0.2, 0.25) is 0 Å². The number of methoxy groups -OCH3 is 1. The predicted octanol–water partition coefficient (Wildman–Crippen LogP) is 1.69. The molecule has 1 aromatic carbocycles. The Kier molecular flexibility index (Phi) is 3.09. The van der Waals surface area contributed by atoms with Crippen LogP contribution in [0.3, 0.4) is 0 Å². The molecule has 0 radical (unpaired) electrons. The summed E-state index contributed by atoms with van der Waals surface area (Å²) in [6, 6.07) is 7.29. The summed E-state index contributed by atoms with van der Waals surface area (Å²) in [4.78, 5) is 13.6. The van der Waals surface area contributed by atoms with E-state index in [0.717, 1.165) is 11.4 Å². The van der Waals surface area contributed by atoms with Gasteiger partial charge >= 0.3 is 0 Å². The lowest BCUT2D eigenvalue weighted by Crippen LogP contribution is -2.25. The lowest BCUT2D eigenvalue weighted by atomic mass is 10.2. The first-order valence-electron chi connectivity index (χ1n) is 5.13. The molecule has 0 saturated carbocycles. The van der Waals surface area contributed by atoms with E-state index in [0.29, 0.717) is 5.56 Å². The SMILES string of the molecule is COc1ccc(N(C)C(=O)c2cn[nH]c2)cc1. The third kappa shape index (κ3) is 2.28. The number of aromatic nitrogens is 2. The summed E-state index contributed by atoms with van der Waals surface area (Å²) in [7, 11) is 3.33. The normalized spacial score (nSPS) is 10.0. The van der Waals surface area contributed by atoms with E-state index in [4.69, 9.17) is 4.74 Å². The minimum Gasteiger partial charge on any atom is -0.497 e. The number of carbonyl (C=O) groups excluding carboxylic acids is 1. The molecule has 0 aliphatic rings. The number of amides is 1. The molecule has 1 aromatic heterocycles. The van der Waals surface area contributed by atoms with E-state index in [1.807, 2.05) is 24.3 Å². The summed E-state index contributed by atoms with van der Waals surface area (Å²) in [5.41, 5.74) is 1.33. The molecular weight excluding hydrogens is 218 g/mol. The minimum absolute atomic E-state index is 0.107. The van der Waals surface area contributed by atoms with Crippen molar-refractivity contribution in [3.8, 4) is 5.75 Å². The summed E-state index contributed by atoms with van der Waals surface area (Å²) < 4.78 is 5.06. The van der Waals surface area contributed by atoms with E-state index in [9.17, 15) is 4.79 Å². The van der Waals surface area contributed by atoms with Crippen molar-refractivity contribution in [3.63, 3.8) is 0 Å². The highest BCUT2D eigenvalue weighted by Gasteiger charge is 2.14. The number of carbonyl (C=O) groups is 1. The van der Waals surface area contributed by atoms with Gasteiger partial charge in [0.25, 0.3) is 5.91 Å². The van der Waals surface area contributed by atoms with E-state index >= 15 is 0 Å². The highest BCUT2D eigenvalue weighted by atomic mass is 16.5. The Labute approximate surface area is 99.0 Å². The van der Waals surface area contributed by atoms with E-state index in [2.05, 4.69) is 10.2 Å². The van der Waals surface area contributed by atoms with Crippen molar-refractivity contribution in [3.05, 3.63) is 42.2 Å². The molecule has 0 bridgehead atoms. The van der Waals surface area contributed by atoms with Crippen LogP contribution in [0.5, 0.6) is 5.75 Å². The topological polar surface area (TPSA) is 58.2 Å². The number of benzene rings is 1. The third-order valence-electron chi connectivity index (χ3n) is 2.51. The van der Waals surface area contributed by atoms with Gasteiger partial charge in [-0.2, -0.15) is 5.10 Å². The monoisotopic (exact) mass is 231 g/mol. The van der Waals surface area contributed by atoms with E-state index in [1.165, 1.54) is 6.20 Å². The zero-order chi connectivity index (χ0) is 12.3. The molecule has 0 saturated heterocycles. The van der Waals surface area contributed by atoms with Crippen LogP contribution in [0, 0.1) is 0 Å². The van der Waals surface area contributed by atoms with Gasteiger partial charge in [-0.3, -0.25) is 9.89 Å². The van der Waals surface area contributed by atoms with Crippen LogP contribution in [-0.4, -0.2) is 30.3 Å². The molecule has 88 valence electrons. The van der Waals surface area contributed by atoms with Crippen LogP contribution in [-0.2, 0) is 0 Å². The fourth-order valence-corrected chi connectivity index (χ4v) is 1.48. The first-order valence-corrected chi connectivity index (χ1v) is 5.13. The molecule has 5 nitrogen and oxygen atoms in total. The second-order valence-corrected chi connectivity index (χ2v) is 3.55. The number of hydrogen-bond acceptors (Lipinski definition) is 3. The van der Waals surface area contributed by atoms with Crippen molar-refractivity contribution in [2.24, 2.45) is 0 Å². The van der Waals surface area contributed by atoms with Crippen LogP contribution in [0.15, 0.2) is 36.7 Å². The minimum atomic E-state index is -0.107. The van der Waals surface area contributed by atoms with Crippen LogP contribution < -0.4 is 9.64 Å². The molecule has 1 N–H and O–H groups in total. The van der Waals surface area contributed by atoms with Crippen LogP contribution >= 0.6 is 0 Å². The van der Waals surface area contributed by atoms with Gasteiger partial charge in [-0.15, -0.1) is 0 Å². The molecule has 5 heteroatoms. The van der Waals surface area contributed by atoms with Crippen molar-refractivity contribution in [2.45, 2.75) is 0 Å². The summed E-state index contributed by atoms with van der Waals surface area (Å²) in [6.45, 7) is 0. The Morgan fingerprint density at radius 1 is 1.35 bits per heavy atom. The maximum absolute atomic E-state index is 12.0. The number of nitrogens with one attached hydrogen (secondary N) is 1. The van der Waals surface area contributed by atoms with Crippen molar-refractivity contribution in [2.75, 3.05) is 19.1 Å². The van der Waals surface area contributed by atoms with Crippen molar-refractivity contribution >= 4 is 11.6 Å². The number of rotatable bonds is 3. The molecule has 0 aliphatic heterocycles. The maximum Gasteiger partial charge on any atom is 0.261 e. The summed E-state index contributed by atoms with van der Waals surface area (Å²) >= 11 is 0. The van der Waals surface area contributed by atoms with Crippen LogP contribution in [0.25, 0.3) is 0 Å². The molecule has 0 atom stereocenters. The Hall–Kier alpha value is -2.30. The smallest absolute Gasteiger partial charge is 0.261 e. The van der Waals surface area contributed by atoms with Crippen molar-refractivity contribution in [1.82, 2.24) is 10.2 Å². The second kappa shape index (κ2) is 4.69. The van der Waals surface area contributed by atoms with Gasteiger partial charge in [-0.1, -0.05) is 0 Å². The zero-order valence-electron chi connectivity index (χ0n) is 9.68. The molecule has 0 aliphatic carbocycles. The third-order valence-corrected chi connectivity index (χ3v) is 2.51. The van der Waals surface area contributed by atoms with Crippen LogP contribution in [0.1, 0.15) is 10.4 Å². The molecule has 0 spiro atoms. The quantitative estimate of drug-likeness (QED) is 0.874. The van der Waals surface area contributed by atoms with Gasteiger partial charge in [-0.25, -0.2) is 0 Å². The van der Waals surface area contributed by atoms with Crippen LogP contribution in [0.2, 0.25) is 0 Å². The number of aromatic amines is 1. The number of ether oxygens (including phenoxy) is 1. The fourth-order valence-electron chi connectivity index (χ4n) is 1.48. The average Bonchev–Trinajstić information content (AvgIpc) is 2.91. The van der Waals surface area contributed by atoms with Gasteiger partial charge < -0.3 is 9.64 Å². The molecule has 2 rings (SSSR count). The molecule has 2 aromatic rings. The molecule has 17 heavy (non-hydrogen) atoms. The number of nitrogens with zero attached hydrogens (tertiary/aromatic N) is 2. The van der Waals surface area contributed by atoms with Crippen LogP contribution in [0.4, 0.5) is 5.69 Å². The van der Waals surface area contributed by atoms with Gasteiger partial charge in [-0.05, 0) is 24.3 Å². The Bertz CT molecular complexity index is 491. The molecule has 0 unspecified atom stereocenters. The molecule has 0 fully saturated rings. The van der Waals surface area contributed by atoms with Gasteiger partial charge in [0.05, 0.1) is 18.9 Å². The number of hydrogen-bond donors (Lipinski definition) is 1. The Balaban J connectivity index is 2.19. The standard InChI is InChI=1S/C12H13N3O2/c1-15(12(16)9-7-13-14-8-9)10-3-5-11(17-2)6-4-10/h3-8H,1-2H3,(H,13,14). The summed E-state index contributed by atoms with van der Waals surface area (Å²) in [5.74, 6) is 0.654. The van der Waals surface area contributed by atoms with Gasteiger partial charge in [0, 0.05) is 18.9 Å². The summed E-state index contributed by atoms with van der Waals surface area (Å²) in [5, 5.41) is 6.37. The van der Waals surface area contributed by atoms with E-state index in [-0.39, 0.29) is 5.91 Å². The molecule has 1 amide bonds. The summed E-state index contributed by atoms with van der Waals surface area (Å²) in [6.07, 6.45) is 3.07. The second-order valence-electron chi connectivity index (χ2n) is 3.55. The zero-order valence-corrected chi connectivity index (χ0v) is 9.68. The Morgan fingerprint density at radius 3 is 2.59 bits per heavy atom. The maximum atomic E-state index is 12.0. The molecule has 1 heterocycles. The van der Waals surface area contributed by atoms with Gasteiger partial charge in [0.1, 0.15) is 5.75 Å². The van der Waals surface area contributed by atoms with Gasteiger partial charge in [0.15, 0.2) is 0 Å². The van der Waals surface area contributed by atoms with E-state index in [1.54, 1.807) is 25.3 Å². The Morgan fingerprint density at radius 2 is 2.06 bits per heavy atom. The largest absolute Gasteiger partial charge is 0.497 e.